The van der Waals surface area contributed by atoms with Crippen LogP contribution in [-0.4, -0.2) is 44.8 Å². The molecule has 0 spiro atoms. The number of carbonyl (C=O) groups excluding carboxylic acids is 1. The molecule has 1 amide bonds. The zero-order valence-corrected chi connectivity index (χ0v) is 15.4. The molecule has 24 heavy (non-hydrogen) atoms. The van der Waals surface area contributed by atoms with Crippen LogP contribution < -0.4 is 0 Å². The molecular weight excluding hydrogens is 306 g/mol. The van der Waals surface area contributed by atoms with Gasteiger partial charge in [-0.05, 0) is 24.7 Å². The summed E-state index contributed by atoms with van der Waals surface area (Å²) in [5.74, 6) is -0.461. The first kappa shape index (κ1) is 18.5. The van der Waals surface area contributed by atoms with Crippen LogP contribution in [0, 0.1) is 17.3 Å². The third kappa shape index (κ3) is 3.19. The highest BCUT2D eigenvalue weighted by Gasteiger charge is 2.48. The first-order chi connectivity index (χ1) is 11.2. The highest BCUT2D eigenvalue weighted by atomic mass is 16.4. The summed E-state index contributed by atoms with van der Waals surface area (Å²) in [6.45, 7) is 11.6. The highest BCUT2D eigenvalue weighted by molar-refractivity contribution is 5.96. The fraction of sp³-hybridized carbons (Fsp3) is 0.722. The summed E-state index contributed by atoms with van der Waals surface area (Å²) in [6.07, 6.45) is 2.88. The van der Waals surface area contributed by atoms with Crippen LogP contribution in [0.4, 0.5) is 0 Å². The molecule has 0 bridgehead atoms. The Bertz CT molecular complexity index is 621. The summed E-state index contributed by atoms with van der Waals surface area (Å²) in [5, 5.41) is 14.0. The summed E-state index contributed by atoms with van der Waals surface area (Å²) >= 11 is 0. The van der Waals surface area contributed by atoms with Crippen LogP contribution in [0.5, 0.6) is 0 Å². The molecule has 1 atom stereocenters. The van der Waals surface area contributed by atoms with Gasteiger partial charge in [0.05, 0.1) is 22.9 Å². The lowest BCUT2D eigenvalue weighted by atomic mass is 9.76. The predicted molar refractivity (Wildman–Crippen MR) is 91.9 cm³/mol. The van der Waals surface area contributed by atoms with Crippen molar-refractivity contribution in [1.82, 2.24) is 14.7 Å². The number of hydrogen-bond donors (Lipinski definition) is 1. The van der Waals surface area contributed by atoms with Crippen molar-refractivity contribution in [3.8, 4) is 0 Å². The van der Waals surface area contributed by atoms with Crippen LogP contribution in [0.2, 0.25) is 0 Å². The van der Waals surface area contributed by atoms with Gasteiger partial charge in [-0.15, -0.1) is 0 Å². The number of rotatable bonds is 6. The zero-order chi connectivity index (χ0) is 18.1. The SMILES string of the molecule is CCc1c(C(=O)N2CCC(C(=O)O)(C(C)C)C2)cnn1CC(C)C. The topological polar surface area (TPSA) is 75.4 Å². The van der Waals surface area contributed by atoms with Crippen LogP contribution in [0.3, 0.4) is 0 Å². The van der Waals surface area contributed by atoms with Crippen LogP contribution >= 0.6 is 0 Å². The third-order valence-corrected chi connectivity index (χ3v) is 5.17. The average Bonchev–Trinajstić information content (AvgIpc) is 3.10. The number of carboxylic acid groups (broad SMARTS) is 1. The first-order valence-corrected chi connectivity index (χ1v) is 8.80. The zero-order valence-electron chi connectivity index (χ0n) is 15.4. The Hall–Kier alpha value is -1.85. The molecule has 0 aromatic carbocycles. The van der Waals surface area contributed by atoms with E-state index in [1.54, 1.807) is 11.1 Å². The van der Waals surface area contributed by atoms with Crippen molar-refractivity contribution in [3.63, 3.8) is 0 Å². The van der Waals surface area contributed by atoms with E-state index in [0.717, 1.165) is 18.7 Å². The minimum absolute atomic E-state index is 0.0119. The Morgan fingerprint density at radius 2 is 2.00 bits per heavy atom. The Kier molecular flexibility index (Phi) is 5.35. The van der Waals surface area contributed by atoms with E-state index >= 15 is 0 Å². The van der Waals surface area contributed by atoms with Gasteiger partial charge in [0.2, 0.25) is 0 Å². The van der Waals surface area contributed by atoms with Gasteiger partial charge in [-0.1, -0.05) is 34.6 Å². The Balaban J connectivity index is 2.25. The van der Waals surface area contributed by atoms with Gasteiger partial charge in [-0.3, -0.25) is 14.3 Å². The van der Waals surface area contributed by atoms with Crippen LogP contribution in [0.15, 0.2) is 6.20 Å². The Morgan fingerprint density at radius 1 is 1.33 bits per heavy atom. The maximum atomic E-state index is 12.9. The van der Waals surface area contributed by atoms with E-state index in [1.165, 1.54) is 0 Å². The van der Waals surface area contributed by atoms with Crippen molar-refractivity contribution in [2.45, 2.75) is 54.0 Å². The molecule has 0 radical (unpaired) electrons. The molecule has 1 saturated heterocycles. The number of amides is 1. The van der Waals surface area contributed by atoms with Gasteiger partial charge in [0, 0.05) is 19.6 Å². The number of carboxylic acids is 1. The number of nitrogens with zero attached hydrogens (tertiary/aromatic N) is 3. The lowest BCUT2D eigenvalue weighted by Gasteiger charge is -2.28. The molecular formula is C18H29N3O3. The van der Waals surface area contributed by atoms with Gasteiger partial charge in [0.25, 0.3) is 5.91 Å². The maximum Gasteiger partial charge on any atom is 0.311 e. The van der Waals surface area contributed by atoms with Gasteiger partial charge in [-0.25, -0.2) is 0 Å². The molecule has 2 rings (SSSR count). The second-order valence-corrected chi connectivity index (χ2v) is 7.53. The fourth-order valence-electron chi connectivity index (χ4n) is 3.54. The second-order valence-electron chi connectivity index (χ2n) is 7.53. The lowest BCUT2D eigenvalue weighted by molar-refractivity contribution is -0.150. The molecule has 1 N–H and O–H groups in total. The van der Waals surface area contributed by atoms with E-state index in [0.29, 0.717) is 24.4 Å². The number of aliphatic carboxylic acids is 1. The summed E-state index contributed by atoms with van der Waals surface area (Å²) in [5.41, 5.74) is 0.713. The molecule has 6 nitrogen and oxygen atoms in total. The van der Waals surface area contributed by atoms with Crippen LogP contribution in [0.1, 0.15) is 57.1 Å². The monoisotopic (exact) mass is 335 g/mol. The number of aromatic nitrogens is 2. The molecule has 6 heteroatoms. The van der Waals surface area contributed by atoms with E-state index in [9.17, 15) is 14.7 Å². The molecule has 1 unspecified atom stereocenters. The van der Waals surface area contributed by atoms with Gasteiger partial charge >= 0.3 is 5.97 Å². The van der Waals surface area contributed by atoms with E-state index in [1.807, 2.05) is 25.5 Å². The van der Waals surface area contributed by atoms with E-state index < -0.39 is 11.4 Å². The van der Waals surface area contributed by atoms with E-state index in [4.69, 9.17) is 0 Å². The normalized spacial score (nSPS) is 21.0. The summed E-state index contributed by atoms with van der Waals surface area (Å²) in [6, 6.07) is 0. The quantitative estimate of drug-likeness (QED) is 0.867. The summed E-state index contributed by atoms with van der Waals surface area (Å²) < 4.78 is 1.90. The second kappa shape index (κ2) is 6.95. The van der Waals surface area contributed by atoms with Gasteiger partial charge < -0.3 is 10.0 Å². The standard InChI is InChI=1S/C18H29N3O3/c1-6-15-14(9-19-21(15)10-12(2)3)16(22)20-8-7-18(11-20,13(4)5)17(23)24/h9,12-13H,6-8,10-11H2,1-5H3,(H,23,24). The summed E-state index contributed by atoms with van der Waals surface area (Å²) in [7, 11) is 0. The van der Waals surface area contributed by atoms with Crippen molar-refractivity contribution in [2.75, 3.05) is 13.1 Å². The highest BCUT2D eigenvalue weighted by Crippen LogP contribution is 2.38. The number of carbonyl (C=O) groups is 2. The van der Waals surface area contributed by atoms with Gasteiger partial charge in [0.15, 0.2) is 0 Å². The maximum absolute atomic E-state index is 12.9. The minimum Gasteiger partial charge on any atom is -0.481 e. The minimum atomic E-state index is -0.837. The smallest absolute Gasteiger partial charge is 0.311 e. The molecule has 2 heterocycles. The number of likely N-dealkylation sites (tertiary alicyclic amines) is 1. The molecule has 0 saturated carbocycles. The van der Waals surface area contributed by atoms with Gasteiger partial charge in [-0.2, -0.15) is 5.10 Å². The molecule has 134 valence electrons. The number of hydrogen-bond acceptors (Lipinski definition) is 3. The van der Waals surface area contributed by atoms with E-state index in [-0.39, 0.29) is 18.4 Å². The third-order valence-electron chi connectivity index (χ3n) is 5.17. The Morgan fingerprint density at radius 3 is 2.46 bits per heavy atom. The van der Waals surface area contributed by atoms with Crippen LogP contribution in [0.25, 0.3) is 0 Å². The lowest BCUT2D eigenvalue weighted by Crippen LogP contribution is -2.40. The van der Waals surface area contributed by atoms with Gasteiger partial charge in [0.1, 0.15) is 0 Å². The molecule has 0 aliphatic carbocycles. The molecule has 1 aliphatic rings. The van der Waals surface area contributed by atoms with Crippen molar-refractivity contribution in [2.24, 2.45) is 17.3 Å². The van der Waals surface area contributed by atoms with Crippen molar-refractivity contribution < 1.29 is 14.7 Å². The van der Waals surface area contributed by atoms with Crippen molar-refractivity contribution in [1.29, 1.82) is 0 Å². The fourth-order valence-corrected chi connectivity index (χ4v) is 3.54. The summed E-state index contributed by atoms with van der Waals surface area (Å²) in [4.78, 5) is 26.4. The average molecular weight is 335 g/mol. The van der Waals surface area contributed by atoms with Crippen molar-refractivity contribution in [3.05, 3.63) is 17.5 Å². The predicted octanol–water partition coefficient (Wildman–Crippen LogP) is 2.67. The molecule has 1 fully saturated rings. The van der Waals surface area contributed by atoms with E-state index in [2.05, 4.69) is 18.9 Å². The van der Waals surface area contributed by atoms with Crippen LogP contribution in [-0.2, 0) is 17.8 Å². The largest absolute Gasteiger partial charge is 0.481 e. The molecule has 1 aliphatic heterocycles. The van der Waals surface area contributed by atoms with Crippen molar-refractivity contribution >= 4 is 11.9 Å². The molecule has 1 aromatic rings. The first-order valence-electron chi connectivity index (χ1n) is 8.80. The molecule has 1 aromatic heterocycles. The Labute approximate surface area is 143 Å².